The van der Waals surface area contributed by atoms with Gasteiger partial charge in [0.05, 0.1) is 18.1 Å². The average Bonchev–Trinajstić information content (AvgIpc) is 2.60. The van der Waals surface area contributed by atoms with E-state index >= 15 is 0 Å². The van der Waals surface area contributed by atoms with Gasteiger partial charge < -0.3 is 20.7 Å². The lowest BCUT2D eigenvalue weighted by atomic mass is 9.80. The van der Waals surface area contributed by atoms with Crippen molar-refractivity contribution in [3.05, 3.63) is 24.3 Å². The Kier molecular flexibility index (Phi) is 6.55. The summed E-state index contributed by atoms with van der Waals surface area (Å²) in [7, 11) is -3.49. The molecule has 0 aliphatic carbocycles. The molecule has 0 amide bonds. The number of hydrogen-bond acceptors (Lipinski definition) is 5. The van der Waals surface area contributed by atoms with Gasteiger partial charge in [0.1, 0.15) is 0 Å². The lowest BCUT2D eigenvalue weighted by Crippen LogP contribution is -2.62. The molecule has 0 aromatic heterocycles. The maximum absolute atomic E-state index is 12.7. The van der Waals surface area contributed by atoms with E-state index in [0.29, 0.717) is 31.4 Å². The number of hydrogen-bond donors (Lipinski definition) is 3. The first-order chi connectivity index (χ1) is 13.5. The number of morpholine rings is 1. The number of nitrogens with zero attached hydrogens (tertiary/aromatic N) is 1. The first-order valence-electron chi connectivity index (χ1n) is 10.0. The van der Waals surface area contributed by atoms with Gasteiger partial charge in [0.15, 0.2) is 5.11 Å². The molecule has 7 nitrogen and oxygen atoms in total. The second-order valence-electron chi connectivity index (χ2n) is 9.14. The summed E-state index contributed by atoms with van der Waals surface area (Å²) in [6, 6.07) is 7.00. The van der Waals surface area contributed by atoms with E-state index < -0.39 is 10.0 Å². The maximum atomic E-state index is 12.7. The Bertz CT molecular complexity index is 816. The van der Waals surface area contributed by atoms with Crippen molar-refractivity contribution in [2.24, 2.45) is 0 Å². The summed E-state index contributed by atoms with van der Waals surface area (Å²) in [5, 5.41) is 10.8. The molecule has 2 aliphatic rings. The highest BCUT2D eigenvalue weighted by atomic mass is 32.2. The SMILES string of the molecule is CC1(C)CC(NC(=S)Nc2ccc(S(=O)(=O)N3CCOCC3)cc2)CC(C)(C)N1. The van der Waals surface area contributed by atoms with Crippen molar-refractivity contribution in [3.63, 3.8) is 0 Å². The highest BCUT2D eigenvalue weighted by Crippen LogP contribution is 2.28. The summed E-state index contributed by atoms with van der Waals surface area (Å²) in [5.74, 6) is 0. The number of thiocarbonyl (C=S) groups is 1. The Balaban J connectivity index is 1.60. The van der Waals surface area contributed by atoms with Crippen LogP contribution in [0, 0.1) is 0 Å². The first kappa shape index (κ1) is 22.4. The van der Waals surface area contributed by atoms with Crippen molar-refractivity contribution in [3.8, 4) is 0 Å². The van der Waals surface area contributed by atoms with E-state index in [1.807, 2.05) is 0 Å². The molecule has 0 bridgehead atoms. The van der Waals surface area contributed by atoms with Gasteiger partial charge in [0.2, 0.25) is 10.0 Å². The van der Waals surface area contributed by atoms with Crippen LogP contribution in [0.4, 0.5) is 5.69 Å². The number of anilines is 1. The van der Waals surface area contributed by atoms with Gasteiger partial charge in [-0.25, -0.2) is 8.42 Å². The molecule has 2 fully saturated rings. The van der Waals surface area contributed by atoms with Crippen LogP contribution in [0.5, 0.6) is 0 Å². The van der Waals surface area contributed by atoms with Gasteiger partial charge in [-0.1, -0.05) is 0 Å². The number of ether oxygens (including phenoxy) is 1. The minimum atomic E-state index is -3.49. The van der Waals surface area contributed by atoms with Crippen molar-refractivity contribution in [1.29, 1.82) is 0 Å². The predicted octanol–water partition coefficient (Wildman–Crippen LogP) is 2.30. The van der Waals surface area contributed by atoms with Crippen LogP contribution < -0.4 is 16.0 Å². The molecule has 2 saturated heterocycles. The summed E-state index contributed by atoms with van der Waals surface area (Å²) >= 11 is 5.49. The van der Waals surface area contributed by atoms with Crippen LogP contribution in [-0.4, -0.2) is 61.3 Å². The normalized spacial score (nSPS) is 22.8. The first-order valence-corrected chi connectivity index (χ1v) is 11.9. The molecule has 0 saturated carbocycles. The predicted molar refractivity (Wildman–Crippen MR) is 120 cm³/mol. The van der Waals surface area contributed by atoms with Gasteiger partial charge in [-0.05, 0) is 77.0 Å². The molecule has 0 radical (unpaired) electrons. The summed E-state index contributed by atoms with van der Waals surface area (Å²) in [5.41, 5.74) is 0.825. The van der Waals surface area contributed by atoms with Crippen molar-refractivity contribution in [1.82, 2.24) is 14.9 Å². The summed E-state index contributed by atoms with van der Waals surface area (Å²) < 4.78 is 32.1. The number of sulfonamides is 1. The van der Waals surface area contributed by atoms with Crippen molar-refractivity contribution >= 4 is 33.0 Å². The standard InChI is InChI=1S/C20H32N4O3S2/c1-19(2)13-16(14-20(3,4)23-19)22-18(28)21-15-5-7-17(8-6-15)29(25,26)24-9-11-27-12-10-24/h5-8,16,23H,9-14H2,1-4H3,(H2,21,22,28). The van der Waals surface area contributed by atoms with Crippen molar-refractivity contribution in [2.45, 2.75) is 62.6 Å². The van der Waals surface area contributed by atoms with Gasteiger partial charge in [-0.15, -0.1) is 0 Å². The second kappa shape index (κ2) is 8.47. The number of piperidine rings is 1. The Hall–Kier alpha value is -1.26. The zero-order chi connectivity index (χ0) is 21.3. The molecule has 162 valence electrons. The molecular formula is C20H32N4O3S2. The average molecular weight is 441 g/mol. The maximum Gasteiger partial charge on any atom is 0.243 e. The van der Waals surface area contributed by atoms with E-state index in [2.05, 4.69) is 43.6 Å². The van der Waals surface area contributed by atoms with E-state index in [4.69, 9.17) is 17.0 Å². The lowest BCUT2D eigenvalue weighted by Gasteiger charge is -2.46. The summed E-state index contributed by atoms with van der Waals surface area (Å²) in [4.78, 5) is 0.283. The largest absolute Gasteiger partial charge is 0.379 e. The monoisotopic (exact) mass is 440 g/mol. The van der Waals surface area contributed by atoms with Gasteiger partial charge in [-0.2, -0.15) is 4.31 Å². The highest BCUT2D eigenvalue weighted by Gasteiger charge is 2.37. The van der Waals surface area contributed by atoms with Crippen molar-refractivity contribution < 1.29 is 13.2 Å². The van der Waals surface area contributed by atoms with E-state index in [1.54, 1.807) is 24.3 Å². The molecule has 1 aromatic carbocycles. The van der Waals surface area contributed by atoms with E-state index in [0.717, 1.165) is 18.5 Å². The van der Waals surface area contributed by atoms with Crippen molar-refractivity contribution in [2.75, 3.05) is 31.6 Å². The zero-order valence-electron chi connectivity index (χ0n) is 17.6. The van der Waals surface area contributed by atoms with Crippen LogP contribution in [0.1, 0.15) is 40.5 Å². The van der Waals surface area contributed by atoms with Gasteiger partial charge in [-0.3, -0.25) is 0 Å². The molecule has 2 aliphatic heterocycles. The Morgan fingerprint density at radius 1 is 1.10 bits per heavy atom. The molecule has 9 heteroatoms. The molecule has 0 unspecified atom stereocenters. The van der Waals surface area contributed by atoms with E-state index in [9.17, 15) is 8.42 Å². The summed E-state index contributed by atoms with van der Waals surface area (Å²) in [6.45, 7) is 10.4. The number of rotatable bonds is 4. The highest BCUT2D eigenvalue weighted by molar-refractivity contribution is 7.89. The lowest BCUT2D eigenvalue weighted by molar-refractivity contribution is 0.0730. The fourth-order valence-corrected chi connectivity index (χ4v) is 6.12. The molecule has 1 aromatic rings. The Morgan fingerprint density at radius 2 is 1.66 bits per heavy atom. The Labute approximate surface area is 179 Å². The molecule has 0 spiro atoms. The van der Waals surface area contributed by atoms with E-state index in [-0.39, 0.29) is 22.0 Å². The Morgan fingerprint density at radius 3 is 2.21 bits per heavy atom. The van der Waals surface area contributed by atoms with Gasteiger partial charge in [0, 0.05) is 35.9 Å². The second-order valence-corrected chi connectivity index (χ2v) is 11.5. The zero-order valence-corrected chi connectivity index (χ0v) is 19.3. The smallest absolute Gasteiger partial charge is 0.243 e. The minimum absolute atomic E-state index is 0.0323. The quantitative estimate of drug-likeness (QED) is 0.620. The number of benzene rings is 1. The van der Waals surface area contributed by atoms with Crippen LogP contribution in [0.3, 0.4) is 0 Å². The van der Waals surface area contributed by atoms with Gasteiger partial charge in [0.25, 0.3) is 0 Å². The molecule has 0 atom stereocenters. The molecule has 3 rings (SSSR count). The summed E-state index contributed by atoms with van der Waals surface area (Å²) in [6.07, 6.45) is 1.93. The molecular weight excluding hydrogens is 408 g/mol. The van der Waals surface area contributed by atoms with Crippen LogP contribution in [0.15, 0.2) is 29.2 Å². The third kappa shape index (κ3) is 5.88. The van der Waals surface area contributed by atoms with Crippen LogP contribution in [0.2, 0.25) is 0 Å². The molecule has 29 heavy (non-hydrogen) atoms. The van der Waals surface area contributed by atoms with Gasteiger partial charge >= 0.3 is 0 Å². The third-order valence-corrected chi connectivity index (χ3v) is 7.38. The van der Waals surface area contributed by atoms with Crippen LogP contribution >= 0.6 is 12.2 Å². The molecule has 3 N–H and O–H groups in total. The van der Waals surface area contributed by atoms with E-state index in [1.165, 1.54) is 4.31 Å². The topological polar surface area (TPSA) is 82.7 Å². The fourth-order valence-electron chi connectivity index (χ4n) is 4.42. The molecule has 2 heterocycles. The van der Waals surface area contributed by atoms with Crippen LogP contribution in [0.25, 0.3) is 0 Å². The number of nitrogens with one attached hydrogen (secondary N) is 3. The van der Waals surface area contributed by atoms with Crippen LogP contribution in [-0.2, 0) is 14.8 Å². The minimum Gasteiger partial charge on any atom is -0.379 e. The third-order valence-electron chi connectivity index (χ3n) is 5.25. The fraction of sp³-hybridized carbons (Fsp3) is 0.650.